The molecule has 1 unspecified atom stereocenters. The molecular formula is C21H20Cl2FN5O2. The van der Waals surface area contributed by atoms with Crippen LogP contribution < -0.4 is 10.5 Å². The van der Waals surface area contributed by atoms with Gasteiger partial charge in [0, 0.05) is 34.1 Å². The van der Waals surface area contributed by atoms with Crippen molar-refractivity contribution < 1.29 is 9.23 Å². The maximum Gasteiger partial charge on any atom is 0.360 e. The second-order valence-electron chi connectivity index (χ2n) is 8.17. The zero-order chi connectivity index (χ0) is 22.5. The fourth-order valence-corrected chi connectivity index (χ4v) is 3.87. The lowest BCUT2D eigenvalue weighted by molar-refractivity contribution is 0.0492. The quantitative estimate of drug-likeness (QED) is 0.433. The standard InChI is InChI=1S/C21H20Cl2FN5O2/c1-11(17-14(22)5-6-15(24)18(17)23)31-29-16-7-12(8-25-19(16)27-20(29)30)13-9-26-28(10-13)21(2,3)4/h5-11H,1-4H3,(H,25,27,30). The van der Waals surface area contributed by atoms with Crippen LogP contribution in [0.1, 0.15) is 39.4 Å². The summed E-state index contributed by atoms with van der Waals surface area (Å²) in [6.07, 6.45) is 4.49. The van der Waals surface area contributed by atoms with Crippen molar-refractivity contribution in [1.29, 1.82) is 0 Å². The predicted molar refractivity (Wildman–Crippen MR) is 118 cm³/mol. The zero-order valence-corrected chi connectivity index (χ0v) is 18.8. The van der Waals surface area contributed by atoms with Crippen molar-refractivity contribution in [2.24, 2.45) is 0 Å². The van der Waals surface area contributed by atoms with Gasteiger partial charge in [-0.05, 0) is 45.9 Å². The lowest BCUT2D eigenvalue weighted by Crippen LogP contribution is -2.26. The molecule has 0 aliphatic heterocycles. The largest absolute Gasteiger partial charge is 0.401 e. The van der Waals surface area contributed by atoms with Gasteiger partial charge in [0.15, 0.2) is 11.8 Å². The van der Waals surface area contributed by atoms with E-state index in [1.165, 1.54) is 12.1 Å². The maximum atomic E-state index is 13.9. The highest BCUT2D eigenvalue weighted by Gasteiger charge is 2.22. The Hall–Kier alpha value is -2.84. The molecule has 4 aromatic rings. The fourth-order valence-electron chi connectivity index (χ4n) is 3.19. The molecule has 0 bridgehead atoms. The van der Waals surface area contributed by atoms with E-state index in [4.69, 9.17) is 28.0 Å². The first-order chi connectivity index (χ1) is 14.6. The van der Waals surface area contributed by atoms with Gasteiger partial charge < -0.3 is 4.84 Å². The van der Waals surface area contributed by atoms with E-state index < -0.39 is 17.6 Å². The molecule has 1 atom stereocenters. The summed E-state index contributed by atoms with van der Waals surface area (Å²) in [5, 5.41) is 4.49. The number of halogens is 3. The number of fused-ring (bicyclic) bond motifs is 1. The SMILES string of the molecule is CC(On1c(=O)[nH]c2ncc(-c3cnn(C(C)(C)C)c3)cc21)c1c(Cl)ccc(F)c1Cl. The topological polar surface area (TPSA) is 77.7 Å². The highest BCUT2D eigenvalue weighted by Crippen LogP contribution is 2.33. The second kappa shape index (κ2) is 7.69. The molecule has 31 heavy (non-hydrogen) atoms. The Bertz CT molecular complexity index is 1340. The smallest absolute Gasteiger partial charge is 0.360 e. The first-order valence-corrected chi connectivity index (χ1v) is 10.3. The van der Waals surface area contributed by atoms with Crippen LogP contribution in [0.4, 0.5) is 4.39 Å². The van der Waals surface area contributed by atoms with Crippen molar-refractivity contribution in [3.8, 4) is 11.1 Å². The van der Waals surface area contributed by atoms with E-state index in [2.05, 4.69) is 15.1 Å². The van der Waals surface area contributed by atoms with E-state index in [9.17, 15) is 9.18 Å². The molecule has 0 aliphatic carbocycles. The summed E-state index contributed by atoms with van der Waals surface area (Å²) < 4.78 is 16.8. The van der Waals surface area contributed by atoms with Crippen LogP contribution in [-0.4, -0.2) is 24.5 Å². The van der Waals surface area contributed by atoms with Crippen LogP contribution in [0.15, 0.2) is 41.6 Å². The number of imidazole rings is 1. The van der Waals surface area contributed by atoms with Crippen LogP contribution in [-0.2, 0) is 5.54 Å². The third-order valence-electron chi connectivity index (χ3n) is 4.85. The molecule has 0 spiro atoms. The summed E-state index contributed by atoms with van der Waals surface area (Å²) in [6.45, 7) is 7.77. The molecule has 1 N–H and O–H groups in total. The molecule has 1 aromatic carbocycles. The number of hydrogen-bond donors (Lipinski definition) is 1. The minimum absolute atomic E-state index is 0.152. The van der Waals surface area contributed by atoms with Crippen molar-refractivity contribution in [1.82, 2.24) is 24.5 Å². The van der Waals surface area contributed by atoms with Gasteiger partial charge >= 0.3 is 5.69 Å². The Morgan fingerprint density at radius 2 is 1.94 bits per heavy atom. The molecular weight excluding hydrogens is 444 g/mol. The van der Waals surface area contributed by atoms with Crippen molar-refractivity contribution in [2.45, 2.75) is 39.3 Å². The van der Waals surface area contributed by atoms with E-state index >= 15 is 0 Å². The molecule has 0 fully saturated rings. The van der Waals surface area contributed by atoms with Crippen LogP contribution >= 0.6 is 23.2 Å². The van der Waals surface area contributed by atoms with Gasteiger partial charge in [-0.2, -0.15) is 5.10 Å². The number of H-pyrrole nitrogens is 1. The zero-order valence-electron chi connectivity index (χ0n) is 17.3. The summed E-state index contributed by atoms with van der Waals surface area (Å²) in [6, 6.07) is 4.33. The van der Waals surface area contributed by atoms with Gasteiger partial charge in [-0.15, -0.1) is 4.73 Å². The van der Waals surface area contributed by atoms with Crippen LogP contribution in [0.3, 0.4) is 0 Å². The molecule has 7 nitrogen and oxygen atoms in total. The monoisotopic (exact) mass is 463 g/mol. The van der Waals surface area contributed by atoms with Crippen LogP contribution in [0.25, 0.3) is 22.3 Å². The molecule has 0 aliphatic rings. The van der Waals surface area contributed by atoms with Crippen molar-refractivity contribution in [3.63, 3.8) is 0 Å². The van der Waals surface area contributed by atoms with Gasteiger partial charge in [0.25, 0.3) is 0 Å². The third kappa shape index (κ3) is 3.93. The van der Waals surface area contributed by atoms with Crippen molar-refractivity contribution in [2.75, 3.05) is 0 Å². The Morgan fingerprint density at radius 3 is 2.61 bits per heavy atom. The summed E-state index contributed by atoms with van der Waals surface area (Å²) >= 11 is 12.3. The summed E-state index contributed by atoms with van der Waals surface area (Å²) in [5.74, 6) is -0.623. The molecule has 0 saturated carbocycles. The Balaban J connectivity index is 1.75. The lowest BCUT2D eigenvalue weighted by atomic mass is 10.1. The van der Waals surface area contributed by atoms with Gasteiger partial charge in [0.1, 0.15) is 11.3 Å². The fraction of sp³-hybridized carbons (Fsp3) is 0.286. The Labute approximate surface area is 187 Å². The summed E-state index contributed by atoms with van der Waals surface area (Å²) in [7, 11) is 0. The molecule has 0 saturated heterocycles. The van der Waals surface area contributed by atoms with Gasteiger partial charge in [-0.1, -0.05) is 23.2 Å². The molecule has 10 heteroatoms. The highest BCUT2D eigenvalue weighted by atomic mass is 35.5. The highest BCUT2D eigenvalue weighted by molar-refractivity contribution is 6.36. The number of benzene rings is 1. The average Bonchev–Trinajstić information content (AvgIpc) is 3.30. The van der Waals surface area contributed by atoms with E-state index in [0.717, 1.165) is 15.9 Å². The minimum atomic E-state index is -0.806. The first-order valence-electron chi connectivity index (χ1n) is 9.53. The number of rotatable bonds is 4. The van der Waals surface area contributed by atoms with Crippen molar-refractivity contribution >= 4 is 34.4 Å². The average molecular weight is 464 g/mol. The van der Waals surface area contributed by atoms with Crippen LogP contribution in [0.5, 0.6) is 0 Å². The van der Waals surface area contributed by atoms with E-state index in [1.54, 1.807) is 25.4 Å². The number of nitrogens with one attached hydrogen (secondary N) is 1. The lowest BCUT2D eigenvalue weighted by Gasteiger charge is -2.18. The molecule has 3 heterocycles. The Morgan fingerprint density at radius 1 is 1.19 bits per heavy atom. The molecule has 0 amide bonds. The normalized spacial score (nSPS) is 13.0. The molecule has 3 aromatic heterocycles. The van der Waals surface area contributed by atoms with Gasteiger partial charge in [-0.3, -0.25) is 9.67 Å². The van der Waals surface area contributed by atoms with Gasteiger partial charge in [-0.25, -0.2) is 14.2 Å². The molecule has 162 valence electrons. The summed E-state index contributed by atoms with van der Waals surface area (Å²) in [4.78, 5) is 25.3. The summed E-state index contributed by atoms with van der Waals surface area (Å²) in [5.41, 5.74) is 1.92. The number of pyridine rings is 1. The van der Waals surface area contributed by atoms with E-state index in [0.29, 0.717) is 11.2 Å². The van der Waals surface area contributed by atoms with E-state index in [1.807, 2.05) is 31.6 Å². The van der Waals surface area contributed by atoms with Crippen molar-refractivity contribution in [3.05, 3.63) is 68.7 Å². The van der Waals surface area contributed by atoms with E-state index in [-0.39, 0.29) is 21.1 Å². The Kier molecular flexibility index (Phi) is 5.31. The minimum Gasteiger partial charge on any atom is -0.401 e. The van der Waals surface area contributed by atoms with Crippen LogP contribution in [0, 0.1) is 5.82 Å². The predicted octanol–water partition coefficient (Wildman–Crippen LogP) is 4.98. The number of aromatic nitrogens is 5. The van der Waals surface area contributed by atoms with Gasteiger partial charge in [0.05, 0.1) is 16.8 Å². The molecule has 0 radical (unpaired) electrons. The first kappa shape index (κ1) is 21.4. The molecule has 4 rings (SSSR count). The third-order valence-corrected chi connectivity index (χ3v) is 5.56. The van der Waals surface area contributed by atoms with Gasteiger partial charge in [0.2, 0.25) is 0 Å². The number of aromatic amines is 1. The maximum absolute atomic E-state index is 13.9. The second-order valence-corrected chi connectivity index (χ2v) is 8.95. The number of hydrogen-bond acceptors (Lipinski definition) is 4. The number of nitrogens with zero attached hydrogens (tertiary/aromatic N) is 4. The van der Waals surface area contributed by atoms with Crippen LogP contribution in [0.2, 0.25) is 10.0 Å².